The zero-order valence-electron chi connectivity index (χ0n) is 14.7. The lowest BCUT2D eigenvalue weighted by atomic mass is 10.1. The Labute approximate surface area is 146 Å². The number of hydrogen-bond acceptors (Lipinski definition) is 2. The lowest BCUT2D eigenvalue weighted by Gasteiger charge is -2.21. The molecule has 1 rings (SSSR count). The van der Waals surface area contributed by atoms with Crippen LogP contribution in [0.3, 0.4) is 0 Å². The van der Waals surface area contributed by atoms with Crippen LogP contribution in [0.2, 0.25) is 0 Å². The van der Waals surface area contributed by atoms with E-state index < -0.39 is 17.6 Å². The van der Waals surface area contributed by atoms with Crippen molar-refractivity contribution in [1.29, 1.82) is 0 Å². The molecule has 1 aromatic carbocycles. The van der Waals surface area contributed by atoms with Crippen molar-refractivity contribution < 1.29 is 22.8 Å². The van der Waals surface area contributed by atoms with Crippen molar-refractivity contribution in [2.24, 2.45) is 0 Å². The molecular formula is C18H25F3N2O2. The van der Waals surface area contributed by atoms with Gasteiger partial charge in [0.05, 0.1) is 5.56 Å². The maximum absolute atomic E-state index is 12.6. The second kappa shape index (κ2) is 10.1. The van der Waals surface area contributed by atoms with Crippen LogP contribution >= 0.6 is 0 Å². The molecule has 0 bridgehead atoms. The number of hydrogen-bond donors (Lipinski definition) is 1. The summed E-state index contributed by atoms with van der Waals surface area (Å²) in [4.78, 5) is 25.7. The van der Waals surface area contributed by atoms with Crippen LogP contribution in [-0.2, 0) is 15.8 Å². The molecule has 140 valence electrons. The molecule has 4 nitrogen and oxygen atoms in total. The van der Waals surface area contributed by atoms with Gasteiger partial charge in [-0.15, -0.1) is 0 Å². The Kier molecular flexibility index (Phi) is 8.45. The summed E-state index contributed by atoms with van der Waals surface area (Å²) in [7, 11) is 0. The van der Waals surface area contributed by atoms with Gasteiger partial charge < -0.3 is 10.2 Å². The molecule has 0 aliphatic heterocycles. The maximum Gasteiger partial charge on any atom is 0.416 e. The molecule has 1 N–H and O–H groups in total. The summed E-state index contributed by atoms with van der Waals surface area (Å²) in [5, 5.41) is 2.44. The first-order valence-corrected chi connectivity index (χ1v) is 8.52. The number of nitrogens with one attached hydrogen (secondary N) is 1. The lowest BCUT2D eigenvalue weighted by Crippen LogP contribution is -2.32. The molecular weight excluding hydrogens is 333 g/mol. The number of alkyl halides is 3. The molecule has 0 aliphatic carbocycles. The number of rotatable bonds is 9. The first-order valence-electron chi connectivity index (χ1n) is 8.52. The van der Waals surface area contributed by atoms with E-state index in [4.69, 9.17) is 0 Å². The Morgan fingerprint density at radius 2 is 1.72 bits per heavy atom. The lowest BCUT2D eigenvalue weighted by molar-refractivity contribution is -0.137. The van der Waals surface area contributed by atoms with E-state index in [1.165, 1.54) is 12.1 Å². The summed E-state index contributed by atoms with van der Waals surface area (Å²) < 4.78 is 37.9. The molecule has 0 saturated heterocycles. The number of amides is 2. The molecule has 0 aliphatic rings. The summed E-state index contributed by atoms with van der Waals surface area (Å²) in [5.41, 5.74) is -0.708. The van der Waals surface area contributed by atoms with E-state index in [2.05, 4.69) is 5.32 Å². The molecule has 2 amide bonds. The van der Waals surface area contributed by atoms with Crippen LogP contribution in [0.4, 0.5) is 18.9 Å². The Balaban J connectivity index is 2.46. The number of halogens is 3. The van der Waals surface area contributed by atoms with E-state index in [0.717, 1.165) is 25.0 Å². The van der Waals surface area contributed by atoms with Gasteiger partial charge in [0.2, 0.25) is 11.8 Å². The highest BCUT2D eigenvalue weighted by Crippen LogP contribution is 2.30. The fourth-order valence-electron chi connectivity index (χ4n) is 2.46. The Hall–Kier alpha value is -2.05. The zero-order chi connectivity index (χ0) is 18.9. The highest BCUT2D eigenvalue weighted by Gasteiger charge is 2.30. The Morgan fingerprint density at radius 3 is 2.28 bits per heavy atom. The average Bonchev–Trinajstić information content (AvgIpc) is 2.54. The van der Waals surface area contributed by atoms with Crippen LogP contribution in [0.25, 0.3) is 0 Å². The number of nitrogens with zero attached hydrogens (tertiary/aromatic N) is 1. The van der Waals surface area contributed by atoms with Crippen LogP contribution in [0.15, 0.2) is 24.3 Å². The van der Waals surface area contributed by atoms with Crippen molar-refractivity contribution in [1.82, 2.24) is 4.90 Å². The third-order valence-electron chi connectivity index (χ3n) is 3.61. The van der Waals surface area contributed by atoms with E-state index in [9.17, 15) is 22.8 Å². The topological polar surface area (TPSA) is 49.4 Å². The third-order valence-corrected chi connectivity index (χ3v) is 3.61. The number of carbonyl (C=O) groups excluding carboxylic acids is 2. The van der Waals surface area contributed by atoms with E-state index in [1.54, 1.807) is 4.90 Å². The minimum absolute atomic E-state index is 0.00979. The summed E-state index contributed by atoms with van der Waals surface area (Å²) >= 11 is 0. The van der Waals surface area contributed by atoms with E-state index in [-0.39, 0.29) is 24.4 Å². The van der Waals surface area contributed by atoms with E-state index in [0.29, 0.717) is 19.5 Å². The summed E-state index contributed by atoms with van der Waals surface area (Å²) in [6.07, 6.45) is -1.98. The van der Waals surface area contributed by atoms with Gasteiger partial charge in [-0.2, -0.15) is 13.2 Å². The van der Waals surface area contributed by atoms with Crippen molar-refractivity contribution >= 4 is 17.5 Å². The van der Waals surface area contributed by atoms with Crippen molar-refractivity contribution in [2.45, 2.75) is 52.1 Å². The average molecular weight is 358 g/mol. The second-order valence-corrected chi connectivity index (χ2v) is 5.86. The highest BCUT2D eigenvalue weighted by atomic mass is 19.4. The first-order chi connectivity index (χ1) is 11.8. The monoisotopic (exact) mass is 358 g/mol. The van der Waals surface area contributed by atoms with Gasteiger partial charge in [-0.05, 0) is 37.5 Å². The Morgan fingerprint density at radius 1 is 1.08 bits per heavy atom. The molecule has 0 spiro atoms. The predicted molar refractivity (Wildman–Crippen MR) is 91.1 cm³/mol. The van der Waals surface area contributed by atoms with Gasteiger partial charge in [0, 0.05) is 31.6 Å². The smallest absolute Gasteiger partial charge is 0.343 e. The van der Waals surface area contributed by atoms with Crippen molar-refractivity contribution in [3.8, 4) is 0 Å². The van der Waals surface area contributed by atoms with Gasteiger partial charge in [-0.1, -0.05) is 19.9 Å². The van der Waals surface area contributed by atoms with Gasteiger partial charge in [0.1, 0.15) is 0 Å². The van der Waals surface area contributed by atoms with Crippen molar-refractivity contribution in [2.75, 3.05) is 18.4 Å². The van der Waals surface area contributed by atoms with Gasteiger partial charge in [0.15, 0.2) is 0 Å². The number of carbonyl (C=O) groups is 2. The molecule has 7 heteroatoms. The summed E-state index contributed by atoms with van der Waals surface area (Å²) in [6.45, 7) is 5.39. The largest absolute Gasteiger partial charge is 0.416 e. The first kappa shape index (κ1) is 21.0. The molecule has 0 unspecified atom stereocenters. The number of anilines is 1. The molecule has 0 fully saturated rings. The van der Waals surface area contributed by atoms with Crippen LogP contribution in [-0.4, -0.2) is 29.8 Å². The van der Waals surface area contributed by atoms with Crippen LogP contribution in [0.1, 0.15) is 51.5 Å². The molecule has 25 heavy (non-hydrogen) atoms. The fourth-order valence-corrected chi connectivity index (χ4v) is 2.46. The third kappa shape index (κ3) is 7.58. The van der Waals surface area contributed by atoms with Crippen molar-refractivity contribution in [3.63, 3.8) is 0 Å². The summed E-state index contributed by atoms with van der Waals surface area (Å²) in [5.74, 6) is -0.389. The van der Waals surface area contributed by atoms with Gasteiger partial charge in [0.25, 0.3) is 0 Å². The van der Waals surface area contributed by atoms with Gasteiger partial charge >= 0.3 is 6.18 Å². The highest BCUT2D eigenvalue weighted by molar-refractivity contribution is 5.91. The normalized spacial score (nSPS) is 11.2. The van der Waals surface area contributed by atoms with Crippen LogP contribution < -0.4 is 5.32 Å². The molecule has 1 aromatic rings. The van der Waals surface area contributed by atoms with Gasteiger partial charge in [-0.25, -0.2) is 0 Å². The minimum atomic E-state index is -4.45. The van der Waals surface area contributed by atoms with Crippen LogP contribution in [0.5, 0.6) is 0 Å². The van der Waals surface area contributed by atoms with Crippen LogP contribution in [0, 0.1) is 0 Å². The molecule has 0 radical (unpaired) electrons. The minimum Gasteiger partial charge on any atom is -0.343 e. The van der Waals surface area contributed by atoms with Crippen molar-refractivity contribution in [3.05, 3.63) is 29.8 Å². The standard InChI is InChI=1S/C18H25F3N2O2/c1-3-11-23(12-4-2)17(25)10-6-9-16(24)22-15-8-5-7-14(13-15)18(19,20)21/h5,7-8,13H,3-4,6,9-12H2,1-2H3,(H,22,24). The molecule has 0 heterocycles. The van der Waals surface area contributed by atoms with Gasteiger partial charge in [-0.3, -0.25) is 9.59 Å². The SMILES string of the molecule is CCCN(CCC)C(=O)CCCC(=O)Nc1cccc(C(F)(F)F)c1. The molecule has 0 atom stereocenters. The number of benzene rings is 1. The zero-order valence-corrected chi connectivity index (χ0v) is 14.7. The van der Waals surface area contributed by atoms with E-state index in [1.807, 2.05) is 13.8 Å². The molecule has 0 saturated carbocycles. The molecule has 0 aromatic heterocycles. The maximum atomic E-state index is 12.6. The predicted octanol–water partition coefficient (Wildman–Crippen LogP) is 4.46. The summed E-state index contributed by atoms with van der Waals surface area (Å²) in [6, 6.07) is 4.50. The Bertz CT molecular complexity index is 568. The second-order valence-electron chi connectivity index (χ2n) is 5.86. The quantitative estimate of drug-likeness (QED) is 0.708. The fraction of sp³-hybridized carbons (Fsp3) is 0.556. The van der Waals surface area contributed by atoms with E-state index >= 15 is 0 Å².